The van der Waals surface area contributed by atoms with Crippen LogP contribution in [0.25, 0.3) is 16.7 Å². The zero-order valence-corrected chi connectivity index (χ0v) is 17.2. The van der Waals surface area contributed by atoms with Crippen LogP contribution in [0.15, 0.2) is 24.7 Å². The van der Waals surface area contributed by atoms with E-state index in [-0.39, 0.29) is 17.9 Å². The van der Waals surface area contributed by atoms with E-state index in [4.69, 9.17) is 9.72 Å². The van der Waals surface area contributed by atoms with E-state index >= 15 is 0 Å². The molecule has 5 rings (SSSR count). The number of nitrogens with zero attached hydrogens (tertiary/aromatic N) is 4. The number of rotatable bonds is 3. The fourth-order valence-corrected chi connectivity index (χ4v) is 5.21. The third-order valence-corrected chi connectivity index (χ3v) is 7.00. The summed E-state index contributed by atoms with van der Waals surface area (Å²) in [4.78, 5) is 27.8. The number of imidazole rings is 1. The maximum absolute atomic E-state index is 13.3. The number of hydrogen-bond acceptors (Lipinski definition) is 4. The molecule has 0 spiro atoms. The highest BCUT2D eigenvalue weighted by atomic mass is 16.5. The Labute approximate surface area is 170 Å². The molecule has 154 valence electrons. The Hall–Kier alpha value is -2.41. The molecule has 2 aliphatic rings. The molecule has 4 atom stereocenters. The molecule has 7 heteroatoms. The van der Waals surface area contributed by atoms with Crippen LogP contribution in [-0.2, 0) is 9.53 Å². The number of aromatic nitrogens is 4. The van der Waals surface area contributed by atoms with E-state index in [2.05, 4.69) is 26.2 Å². The lowest BCUT2D eigenvalue weighted by Gasteiger charge is -2.39. The second-order valence-corrected chi connectivity index (χ2v) is 8.72. The fourth-order valence-electron chi connectivity index (χ4n) is 5.21. The van der Waals surface area contributed by atoms with Crippen LogP contribution in [-0.4, -0.2) is 56.5 Å². The lowest BCUT2D eigenvalue weighted by molar-refractivity contribution is -0.140. The Balaban J connectivity index is 1.43. The van der Waals surface area contributed by atoms with Gasteiger partial charge in [-0.3, -0.25) is 9.20 Å². The summed E-state index contributed by atoms with van der Waals surface area (Å²) in [6, 6.07) is 2.05. The first-order valence-corrected chi connectivity index (χ1v) is 10.8. The predicted octanol–water partition coefficient (Wildman–Crippen LogP) is 3.37. The molecule has 0 bridgehead atoms. The molecule has 7 nitrogen and oxygen atoms in total. The number of aromatic amines is 1. The molecule has 1 aliphatic heterocycles. The molecule has 1 saturated carbocycles. The normalized spacial score (nSPS) is 28.3. The minimum absolute atomic E-state index is 0.0976. The van der Waals surface area contributed by atoms with Gasteiger partial charge in [-0.15, -0.1) is 0 Å². The largest absolute Gasteiger partial charge is 0.381 e. The number of H-pyrrole nitrogens is 1. The lowest BCUT2D eigenvalue weighted by Crippen LogP contribution is -2.46. The van der Waals surface area contributed by atoms with Crippen molar-refractivity contribution in [3.05, 3.63) is 30.5 Å². The molecule has 3 aromatic rings. The van der Waals surface area contributed by atoms with Gasteiger partial charge in [-0.25, -0.2) is 9.97 Å². The molecule has 4 heterocycles. The Kier molecular flexibility index (Phi) is 4.78. The first-order chi connectivity index (χ1) is 14.2. The lowest BCUT2D eigenvalue weighted by atomic mass is 9.83. The molecule has 1 N–H and O–H groups in total. The molecular formula is C22H29N5O2. The molecule has 29 heavy (non-hydrogen) atoms. The molecule has 1 amide bonds. The van der Waals surface area contributed by atoms with E-state index in [0.29, 0.717) is 11.8 Å². The van der Waals surface area contributed by atoms with Crippen molar-refractivity contribution in [3.8, 4) is 0 Å². The Morgan fingerprint density at radius 3 is 2.97 bits per heavy atom. The van der Waals surface area contributed by atoms with Crippen molar-refractivity contribution < 1.29 is 9.53 Å². The van der Waals surface area contributed by atoms with Gasteiger partial charge in [0.2, 0.25) is 5.91 Å². The average molecular weight is 396 g/mol. The predicted molar refractivity (Wildman–Crippen MR) is 111 cm³/mol. The summed E-state index contributed by atoms with van der Waals surface area (Å²) in [5, 5.41) is 0. The summed E-state index contributed by atoms with van der Waals surface area (Å²) < 4.78 is 7.75. The first kappa shape index (κ1) is 18.6. The third-order valence-electron chi connectivity index (χ3n) is 7.00. The second-order valence-electron chi connectivity index (χ2n) is 8.72. The number of nitrogens with one attached hydrogen (secondary N) is 1. The smallest absolute Gasteiger partial charge is 0.225 e. The van der Waals surface area contributed by atoms with Gasteiger partial charge >= 0.3 is 0 Å². The summed E-state index contributed by atoms with van der Waals surface area (Å²) in [6.45, 7) is 3.86. The number of ether oxygens (including phenoxy) is 1. The first-order valence-electron chi connectivity index (χ1n) is 10.8. The van der Waals surface area contributed by atoms with Crippen molar-refractivity contribution >= 4 is 22.6 Å². The summed E-state index contributed by atoms with van der Waals surface area (Å²) in [5.74, 6) is 2.14. The Bertz CT molecular complexity index is 1020. The number of carbonyl (C=O) groups is 1. The van der Waals surface area contributed by atoms with Crippen molar-refractivity contribution in [1.29, 1.82) is 0 Å². The standard InChI is InChI=1S/C22H29N5O2/c1-14-7-9-26(22(28)15-4-3-5-17(10-15)29-2)13-18(14)21-25-12-16-11-24-20-19(27(16)21)6-8-23-20/h6,8,11-12,14-15,17-18,23H,3-5,7,9-10,13H2,1-2H3. The number of carbonyl (C=O) groups excluding carboxylic acids is 1. The maximum atomic E-state index is 13.3. The highest BCUT2D eigenvalue weighted by Crippen LogP contribution is 2.35. The van der Waals surface area contributed by atoms with Gasteiger partial charge in [0.1, 0.15) is 5.82 Å². The van der Waals surface area contributed by atoms with E-state index in [0.717, 1.165) is 67.7 Å². The van der Waals surface area contributed by atoms with Crippen molar-refractivity contribution in [2.45, 2.75) is 51.0 Å². The third kappa shape index (κ3) is 3.21. The Morgan fingerprint density at radius 1 is 1.24 bits per heavy atom. The Morgan fingerprint density at radius 2 is 2.10 bits per heavy atom. The summed E-state index contributed by atoms with van der Waals surface area (Å²) >= 11 is 0. The van der Waals surface area contributed by atoms with Gasteiger partial charge in [0.05, 0.1) is 29.5 Å². The van der Waals surface area contributed by atoms with Crippen molar-refractivity contribution in [3.63, 3.8) is 0 Å². The van der Waals surface area contributed by atoms with Crippen LogP contribution < -0.4 is 0 Å². The van der Waals surface area contributed by atoms with Crippen LogP contribution in [0, 0.1) is 11.8 Å². The van der Waals surface area contributed by atoms with Crippen molar-refractivity contribution in [1.82, 2.24) is 24.3 Å². The van der Waals surface area contributed by atoms with E-state index in [9.17, 15) is 4.79 Å². The second kappa shape index (κ2) is 7.44. The fraction of sp³-hybridized carbons (Fsp3) is 0.591. The molecule has 0 aromatic carbocycles. The van der Waals surface area contributed by atoms with Crippen LogP contribution in [0.3, 0.4) is 0 Å². The van der Waals surface area contributed by atoms with Gasteiger partial charge in [0.15, 0.2) is 5.65 Å². The van der Waals surface area contributed by atoms with E-state index < -0.39 is 0 Å². The van der Waals surface area contributed by atoms with E-state index in [1.54, 1.807) is 7.11 Å². The molecular weight excluding hydrogens is 366 g/mol. The van der Waals surface area contributed by atoms with Gasteiger partial charge < -0.3 is 14.6 Å². The van der Waals surface area contributed by atoms with Crippen LogP contribution in [0.1, 0.15) is 50.8 Å². The highest BCUT2D eigenvalue weighted by Gasteiger charge is 2.36. The molecule has 3 aromatic heterocycles. The van der Waals surface area contributed by atoms with Crippen LogP contribution in [0.4, 0.5) is 0 Å². The monoisotopic (exact) mass is 395 g/mol. The van der Waals surface area contributed by atoms with Gasteiger partial charge in [0.25, 0.3) is 0 Å². The number of fused-ring (bicyclic) bond motifs is 3. The zero-order valence-electron chi connectivity index (χ0n) is 17.2. The SMILES string of the molecule is COC1CCCC(C(=O)N2CCC(C)C(c3ncc4cnc5[nH]ccc5n34)C2)C1. The van der Waals surface area contributed by atoms with Crippen LogP contribution in [0.2, 0.25) is 0 Å². The van der Waals surface area contributed by atoms with Crippen LogP contribution >= 0.6 is 0 Å². The van der Waals surface area contributed by atoms with Gasteiger partial charge in [-0.2, -0.15) is 0 Å². The highest BCUT2D eigenvalue weighted by molar-refractivity contribution is 5.79. The van der Waals surface area contributed by atoms with Gasteiger partial charge in [-0.1, -0.05) is 13.3 Å². The minimum Gasteiger partial charge on any atom is -0.381 e. The average Bonchev–Trinajstić information content (AvgIpc) is 3.40. The van der Waals surface area contributed by atoms with E-state index in [1.165, 1.54) is 0 Å². The molecule has 1 aliphatic carbocycles. The number of methoxy groups -OCH3 is 1. The summed E-state index contributed by atoms with van der Waals surface area (Å²) in [5.41, 5.74) is 2.90. The molecule has 0 radical (unpaired) electrons. The van der Waals surface area contributed by atoms with Crippen LogP contribution in [0.5, 0.6) is 0 Å². The number of piperidine rings is 1. The van der Waals surface area contributed by atoms with Crippen molar-refractivity contribution in [2.24, 2.45) is 11.8 Å². The number of amides is 1. The minimum atomic E-state index is 0.0976. The topological polar surface area (TPSA) is 75.5 Å². The molecule has 1 saturated heterocycles. The molecule has 4 unspecified atom stereocenters. The maximum Gasteiger partial charge on any atom is 0.225 e. The summed E-state index contributed by atoms with van der Waals surface area (Å²) in [7, 11) is 1.76. The number of likely N-dealkylation sites (tertiary alicyclic amines) is 1. The van der Waals surface area contributed by atoms with E-state index in [1.807, 2.05) is 24.7 Å². The van der Waals surface area contributed by atoms with Gasteiger partial charge in [0, 0.05) is 38.2 Å². The number of hydrogen-bond donors (Lipinski definition) is 1. The van der Waals surface area contributed by atoms with Crippen molar-refractivity contribution in [2.75, 3.05) is 20.2 Å². The van der Waals surface area contributed by atoms with Gasteiger partial charge in [-0.05, 0) is 37.7 Å². The zero-order chi connectivity index (χ0) is 20.0. The quantitative estimate of drug-likeness (QED) is 0.738. The summed E-state index contributed by atoms with van der Waals surface area (Å²) in [6.07, 6.45) is 10.9. The molecule has 2 fully saturated rings.